The first-order valence-corrected chi connectivity index (χ1v) is 9.64. The molecule has 1 aromatic rings. The highest BCUT2D eigenvalue weighted by Crippen LogP contribution is 2.30. The Morgan fingerprint density at radius 1 is 1.28 bits per heavy atom. The molecule has 0 spiro atoms. The molecule has 0 atom stereocenters. The zero-order valence-electron chi connectivity index (χ0n) is 15.0. The van der Waals surface area contributed by atoms with Crippen molar-refractivity contribution in [1.29, 1.82) is 0 Å². The molecule has 1 saturated heterocycles. The van der Waals surface area contributed by atoms with E-state index in [2.05, 4.69) is 5.32 Å². The lowest BCUT2D eigenvalue weighted by atomic mass is 9.96. The van der Waals surface area contributed by atoms with Gasteiger partial charge in [0.1, 0.15) is 16.5 Å². The first-order chi connectivity index (χ1) is 11.5. The average Bonchev–Trinajstić information content (AvgIpc) is 2.53. The third-order valence-electron chi connectivity index (χ3n) is 4.07. The summed E-state index contributed by atoms with van der Waals surface area (Å²) in [5.74, 6) is -0.819. The van der Waals surface area contributed by atoms with E-state index in [1.165, 1.54) is 17.5 Å². The molecule has 8 heteroatoms. The lowest BCUT2D eigenvalue weighted by Gasteiger charge is -2.32. The number of nitrogens with one attached hydrogen (secondary N) is 1. The van der Waals surface area contributed by atoms with Gasteiger partial charge in [-0.25, -0.2) is 12.8 Å². The maximum Gasteiger partial charge on any atom is 0.246 e. The molecule has 0 aromatic heterocycles. The summed E-state index contributed by atoms with van der Waals surface area (Å²) in [6.45, 7) is 6.14. The van der Waals surface area contributed by atoms with E-state index in [9.17, 15) is 17.6 Å². The van der Waals surface area contributed by atoms with E-state index in [-0.39, 0.29) is 41.1 Å². The van der Waals surface area contributed by atoms with Crippen molar-refractivity contribution < 1.29 is 22.3 Å². The van der Waals surface area contributed by atoms with Crippen LogP contribution in [-0.2, 0) is 14.8 Å². The van der Waals surface area contributed by atoms with Crippen molar-refractivity contribution in [3.05, 3.63) is 24.0 Å². The van der Waals surface area contributed by atoms with Crippen LogP contribution < -0.4 is 10.1 Å². The van der Waals surface area contributed by atoms with Gasteiger partial charge in [0.2, 0.25) is 15.9 Å². The lowest BCUT2D eigenvalue weighted by molar-refractivity contribution is -0.127. The number of rotatable bonds is 4. The maximum absolute atomic E-state index is 13.5. The molecule has 1 amide bonds. The predicted molar refractivity (Wildman–Crippen MR) is 92.3 cm³/mol. The molecule has 1 heterocycles. The number of carbonyl (C=O) groups excluding carboxylic acids is 1. The van der Waals surface area contributed by atoms with Crippen LogP contribution in [0, 0.1) is 11.7 Å². The van der Waals surface area contributed by atoms with E-state index in [0.717, 1.165) is 12.1 Å². The second-order valence-corrected chi connectivity index (χ2v) is 9.12. The van der Waals surface area contributed by atoms with Crippen LogP contribution >= 0.6 is 0 Å². The fraction of sp³-hybridized carbons (Fsp3) is 0.588. The monoisotopic (exact) mass is 372 g/mol. The van der Waals surface area contributed by atoms with Gasteiger partial charge < -0.3 is 10.1 Å². The normalized spacial score (nSPS) is 17.3. The first-order valence-electron chi connectivity index (χ1n) is 8.20. The molecule has 0 unspecified atom stereocenters. The Morgan fingerprint density at radius 2 is 1.88 bits per heavy atom. The summed E-state index contributed by atoms with van der Waals surface area (Å²) < 4.78 is 45.5. The largest absolute Gasteiger partial charge is 0.495 e. The highest BCUT2D eigenvalue weighted by Gasteiger charge is 2.34. The van der Waals surface area contributed by atoms with Crippen LogP contribution in [-0.4, -0.2) is 44.4 Å². The molecule has 25 heavy (non-hydrogen) atoms. The fourth-order valence-corrected chi connectivity index (χ4v) is 4.46. The number of piperidine rings is 1. The fourth-order valence-electron chi connectivity index (χ4n) is 2.82. The van der Waals surface area contributed by atoms with E-state index in [1.54, 1.807) is 0 Å². The van der Waals surface area contributed by atoms with Gasteiger partial charge in [-0.1, -0.05) is 0 Å². The van der Waals surface area contributed by atoms with Gasteiger partial charge >= 0.3 is 0 Å². The summed E-state index contributed by atoms with van der Waals surface area (Å²) in [6, 6.07) is 3.42. The summed E-state index contributed by atoms with van der Waals surface area (Å²) in [4.78, 5) is 12.0. The van der Waals surface area contributed by atoms with Crippen molar-refractivity contribution in [2.75, 3.05) is 20.2 Å². The molecule has 0 aliphatic carbocycles. The van der Waals surface area contributed by atoms with Crippen LogP contribution in [0.3, 0.4) is 0 Å². The molecule has 1 aromatic carbocycles. The van der Waals surface area contributed by atoms with Crippen LogP contribution in [0.5, 0.6) is 5.75 Å². The Kier molecular flexibility index (Phi) is 5.73. The Balaban J connectivity index is 2.12. The van der Waals surface area contributed by atoms with Crippen molar-refractivity contribution in [1.82, 2.24) is 9.62 Å². The third kappa shape index (κ3) is 4.70. The Bertz CT molecular complexity index is 736. The Morgan fingerprint density at radius 3 is 2.40 bits per heavy atom. The van der Waals surface area contributed by atoms with Gasteiger partial charge in [-0.15, -0.1) is 0 Å². The Labute approximate surface area is 148 Å². The van der Waals surface area contributed by atoms with Crippen LogP contribution in [0.15, 0.2) is 23.1 Å². The highest BCUT2D eigenvalue weighted by molar-refractivity contribution is 7.89. The topological polar surface area (TPSA) is 75.7 Å². The van der Waals surface area contributed by atoms with Crippen LogP contribution in [0.4, 0.5) is 4.39 Å². The first kappa shape index (κ1) is 19.7. The van der Waals surface area contributed by atoms with E-state index in [0.29, 0.717) is 12.8 Å². The third-order valence-corrected chi connectivity index (χ3v) is 5.99. The maximum atomic E-state index is 13.5. The van der Waals surface area contributed by atoms with E-state index >= 15 is 0 Å². The summed E-state index contributed by atoms with van der Waals surface area (Å²) in [5.41, 5.74) is -0.324. The van der Waals surface area contributed by atoms with Crippen molar-refractivity contribution in [2.45, 2.75) is 44.0 Å². The van der Waals surface area contributed by atoms with Gasteiger partial charge in [-0.05, 0) is 51.8 Å². The van der Waals surface area contributed by atoms with Crippen molar-refractivity contribution in [2.24, 2.45) is 5.92 Å². The van der Waals surface area contributed by atoms with Gasteiger partial charge in [0.15, 0.2) is 0 Å². The van der Waals surface area contributed by atoms with Gasteiger partial charge in [-0.2, -0.15) is 4.31 Å². The number of nitrogens with zero attached hydrogens (tertiary/aromatic N) is 1. The molecule has 1 aliphatic rings. The summed E-state index contributed by atoms with van der Waals surface area (Å²) in [6.07, 6.45) is 0.859. The van der Waals surface area contributed by atoms with E-state index in [1.807, 2.05) is 20.8 Å². The molecule has 6 nitrogen and oxygen atoms in total. The standard InChI is InChI=1S/C17H25FN2O4S/c1-17(2,3)19-16(21)12-7-9-20(10-8-12)25(22,23)15-11-13(18)5-6-14(15)24-4/h5-6,11-12H,7-10H2,1-4H3,(H,19,21). The second-order valence-electron chi connectivity index (χ2n) is 7.21. The second kappa shape index (κ2) is 7.29. The molecule has 2 rings (SSSR count). The van der Waals surface area contributed by atoms with Crippen molar-refractivity contribution in [3.8, 4) is 5.75 Å². The lowest BCUT2D eigenvalue weighted by Crippen LogP contribution is -2.47. The molecular formula is C17H25FN2O4S. The zero-order chi connectivity index (χ0) is 18.8. The molecule has 140 valence electrons. The van der Waals surface area contributed by atoms with Gasteiger partial charge in [0.05, 0.1) is 7.11 Å². The molecule has 0 bridgehead atoms. The summed E-state index contributed by atoms with van der Waals surface area (Å²) in [5, 5.41) is 2.92. The van der Waals surface area contributed by atoms with Crippen LogP contribution in [0.1, 0.15) is 33.6 Å². The number of carbonyl (C=O) groups is 1. The van der Waals surface area contributed by atoms with E-state index < -0.39 is 15.8 Å². The van der Waals surface area contributed by atoms with Gasteiger partial charge in [-0.3, -0.25) is 4.79 Å². The Hall–Kier alpha value is -1.67. The number of hydrogen-bond acceptors (Lipinski definition) is 4. The molecule has 1 fully saturated rings. The molecule has 0 saturated carbocycles. The SMILES string of the molecule is COc1ccc(F)cc1S(=O)(=O)N1CCC(C(=O)NC(C)(C)C)CC1. The average molecular weight is 372 g/mol. The highest BCUT2D eigenvalue weighted by atomic mass is 32.2. The molecular weight excluding hydrogens is 347 g/mol. The number of ether oxygens (including phenoxy) is 1. The predicted octanol–water partition coefficient (Wildman–Crippen LogP) is 2.15. The molecule has 0 radical (unpaired) electrons. The summed E-state index contributed by atoms with van der Waals surface area (Å²) in [7, 11) is -2.53. The minimum atomic E-state index is -3.87. The van der Waals surface area contributed by atoms with Crippen molar-refractivity contribution in [3.63, 3.8) is 0 Å². The van der Waals surface area contributed by atoms with Crippen LogP contribution in [0.25, 0.3) is 0 Å². The molecule has 1 N–H and O–H groups in total. The number of benzene rings is 1. The number of amides is 1. The zero-order valence-corrected chi connectivity index (χ0v) is 15.8. The number of sulfonamides is 1. The van der Waals surface area contributed by atoms with Gasteiger partial charge in [0, 0.05) is 24.5 Å². The van der Waals surface area contributed by atoms with E-state index in [4.69, 9.17) is 4.74 Å². The quantitative estimate of drug-likeness (QED) is 0.879. The number of methoxy groups -OCH3 is 1. The van der Waals surface area contributed by atoms with Crippen LogP contribution in [0.2, 0.25) is 0 Å². The number of halogens is 1. The molecule has 1 aliphatic heterocycles. The number of hydrogen-bond donors (Lipinski definition) is 1. The smallest absolute Gasteiger partial charge is 0.246 e. The van der Waals surface area contributed by atoms with Gasteiger partial charge in [0.25, 0.3) is 0 Å². The van der Waals surface area contributed by atoms with Crippen molar-refractivity contribution >= 4 is 15.9 Å². The minimum Gasteiger partial charge on any atom is -0.495 e. The minimum absolute atomic E-state index is 0.0621. The summed E-state index contributed by atoms with van der Waals surface area (Å²) >= 11 is 0.